The van der Waals surface area contributed by atoms with Crippen molar-refractivity contribution in [3.63, 3.8) is 0 Å². The van der Waals surface area contributed by atoms with E-state index in [-0.39, 0.29) is 0 Å². The van der Waals surface area contributed by atoms with Crippen LogP contribution < -0.4 is 14.5 Å². The Bertz CT molecular complexity index is 1010. The van der Waals surface area contributed by atoms with Crippen molar-refractivity contribution in [2.75, 3.05) is 52.1 Å². The van der Waals surface area contributed by atoms with Crippen molar-refractivity contribution >= 4 is 29.9 Å². The first-order chi connectivity index (χ1) is 15.3. The zero-order chi connectivity index (χ0) is 23.1. The molecule has 0 unspecified atom stereocenters. The summed E-state index contributed by atoms with van der Waals surface area (Å²) in [4.78, 5) is 6.13. The predicted molar refractivity (Wildman–Crippen MR) is 135 cm³/mol. The van der Waals surface area contributed by atoms with E-state index in [2.05, 4.69) is 68.5 Å². The summed E-state index contributed by atoms with van der Waals surface area (Å²) in [6.45, 7) is 0. The van der Waals surface area contributed by atoms with Gasteiger partial charge in [0.05, 0.1) is 12.4 Å². The molecule has 2 aromatic carbocycles. The highest BCUT2D eigenvalue weighted by Crippen LogP contribution is 2.12. The van der Waals surface area contributed by atoms with Gasteiger partial charge in [-0.05, 0) is 35.4 Å². The van der Waals surface area contributed by atoms with E-state index < -0.39 is 0 Å². The van der Waals surface area contributed by atoms with Gasteiger partial charge in [0.25, 0.3) is 0 Å². The lowest BCUT2D eigenvalue weighted by atomic mass is 10.2. The summed E-state index contributed by atoms with van der Waals surface area (Å²) in [7, 11) is 12.1. The Kier molecular flexibility index (Phi) is 7.44. The molecule has 0 fully saturated rings. The maximum absolute atomic E-state index is 4.64. The summed E-state index contributed by atoms with van der Waals surface area (Å²) >= 11 is 0. The maximum atomic E-state index is 4.64. The first kappa shape index (κ1) is 22.8. The highest BCUT2D eigenvalue weighted by atomic mass is 15.5. The average Bonchev–Trinajstić information content (AvgIpc) is 3.17. The summed E-state index contributed by atoms with van der Waals surface area (Å²) < 4.78 is 3.62. The maximum Gasteiger partial charge on any atom is 0.334 e. The first-order valence-electron chi connectivity index (χ1n) is 10.4. The van der Waals surface area contributed by atoms with E-state index in [0.717, 1.165) is 28.3 Å². The lowest BCUT2D eigenvalue weighted by molar-refractivity contribution is -0.679. The highest BCUT2D eigenvalue weighted by molar-refractivity contribution is 5.80. The molecule has 0 atom stereocenters. The second-order valence-corrected chi connectivity index (χ2v) is 8.09. The van der Waals surface area contributed by atoms with Crippen molar-refractivity contribution < 1.29 is 4.68 Å². The fourth-order valence-electron chi connectivity index (χ4n) is 2.92. The number of hydrogen-bond donors (Lipinski definition) is 0. The van der Waals surface area contributed by atoms with Gasteiger partial charge in [-0.25, -0.2) is 0 Å². The van der Waals surface area contributed by atoms with Gasteiger partial charge >= 0.3 is 5.82 Å². The molecule has 32 heavy (non-hydrogen) atoms. The highest BCUT2D eigenvalue weighted by Gasteiger charge is 2.14. The van der Waals surface area contributed by atoms with Crippen molar-refractivity contribution in [1.29, 1.82) is 0 Å². The minimum absolute atomic E-state index is 0.834. The molecule has 7 heteroatoms. The van der Waals surface area contributed by atoms with Crippen LogP contribution in [-0.2, 0) is 0 Å². The van der Waals surface area contributed by atoms with Crippen molar-refractivity contribution in [2.45, 2.75) is 0 Å². The van der Waals surface area contributed by atoms with Gasteiger partial charge in [0, 0.05) is 65.9 Å². The smallest absolute Gasteiger partial charge is 0.334 e. The number of rotatable bonds is 8. The third-order valence-electron chi connectivity index (χ3n) is 4.82. The number of hydrogen-bond acceptors (Lipinski definition) is 5. The molecule has 1 aromatic heterocycles. The molecule has 0 aliphatic carbocycles. The van der Waals surface area contributed by atoms with Gasteiger partial charge in [-0.3, -0.25) is 0 Å². The molecule has 7 nitrogen and oxygen atoms in total. The molecule has 0 saturated heterocycles. The quantitative estimate of drug-likeness (QED) is 0.407. The van der Waals surface area contributed by atoms with Crippen LogP contribution in [0, 0.1) is 0 Å². The largest absolute Gasteiger partial charge is 0.383 e. The van der Waals surface area contributed by atoms with E-state index in [1.807, 2.05) is 93.6 Å². The lowest BCUT2D eigenvalue weighted by Crippen LogP contribution is -2.29. The second kappa shape index (κ2) is 10.4. The summed E-state index contributed by atoms with van der Waals surface area (Å²) in [6, 6.07) is 16.5. The zero-order valence-electron chi connectivity index (χ0n) is 19.7. The van der Waals surface area contributed by atoms with Crippen molar-refractivity contribution in [3.8, 4) is 0 Å². The standard InChI is InChI=1S/C25H32N7/c1-28(2)16-15-25-31(26-19-21-7-11-23(12-8-21)29(3)4)17-18-32(25)27-20-22-9-13-24(14-10-22)30(5)6/h7-20H,1-6H3/q+1. The number of imidazole rings is 1. The Morgan fingerprint density at radius 2 is 1.28 bits per heavy atom. The van der Waals surface area contributed by atoms with Crippen LogP contribution in [0.25, 0.3) is 6.08 Å². The van der Waals surface area contributed by atoms with E-state index in [0.29, 0.717) is 0 Å². The Morgan fingerprint density at radius 3 is 1.78 bits per heavy atom. The fraction of sp³-hybridized carbons (Fsp3) is 0.240. The van der Waals surface area contributed by atoms with Gasteiger partial charge in [-0.2, -0.15) is 0 Å². The Hall–Kier alpha value is -3.87. The number of benzene rings is 2. The molecule has 0 saturated carbocycles. The lowest BCUT2D eigenvalue weighted by Gasteiger charge is -2.11. The van der Waals surface area contributed by atoms with Gasteiger partial charge in [0.1, 0.15) is 0 Å². The molecule has 0 spiro atoms. The Balaban J connectivity index is 1.85. The van der Waals surface area contributed by atoms with Gasteiger partial charge in [-0.1, -0.05) is 43.8 Å². The summed E-state index contributed by atoms with van der Waals surface area (Å²) in [5, 5.41) is 9.29. The summed E-state index contributed by atoms with van der Waals surface area (Å²) in [5.41, 5.74) is 4.37. The predicted octanol–water partition coefficient (Wildman–Crippen LogP) is 3.20. The fourth-order valence-corrected chi connectivity index (χ4v) is 2.92. The molecular formula is C25H32N7+. The molecule has 1 heterocycles. The summed E-state index contributed by atoms with van der Waals surface area (Å²) in [6.07, 6.45) is 11.4. The van der Waals surface area contributed by atoms with Crippen LogP contribution in [0.2, 0.25) is 0 Å². The van der Waals surface area contributed by atoms with Crippen LogP contribution in [0.3, 0.4) is 0 Å². The monoisotopic (exact) mass is 430 g/mol. The van der Waals surface area contributed by atoms with Crippen LogP contribution >= 0.6 is 0 Å². The normalized spacial score (nSPS) is 11.7. The van der Waals surface area contributed by atoms with Crippen LogP contribution in [0.15, 0.2) is 77.3 Å². The third-order valence-corrected chi connectivity index (χ3v) is 4.82. The number of nitrogens with zero attached hydrogens (tertiary/aromatic N) is 7. The Morgan fingerprint density at radius 1 is 0.750 bits per heavy atom. The zero-order valence-corrected chi connectivity index (χ0v) is 19.7. The average molecular weight is 431 g/mol. The molecule has 3 aromatic rings. The van der Waals surface area contributed by atoms with Gasteiger partial charge in [-0.15, -0.1) is 0 Å². The molecule has 166 valence electrons. The molecule has 0 aliphatic heterocycles. The van der Waals surface area contributed by atoms with Crippen molar-refractivity contribution in [3.05, 3.63) is 84.1 Å². The number of aromatic nitrogens is 2. The second-order valence-electron chi connectivity index (χ2n) is 8.09. The van der Waals surface area contributed by atoms with Crippen LogP contribution in [0.1, 0.15) is 17.0 Å². The van der Waals surface area contributed by atoms with E-state index in [1.165, 1.54) is 0 Å². The Labute approximate surface area is 190 Å². The van der Waals surface area contributed by atoms with Gasteiger partial charge < -0.3 is 14.7 Å². The molecule has 0 amide bonds. The number of anilines is 2. The first-order valence-corrected chi connectivity index (χ1v) is 10.4. The van der Waals surface area contributed by atoms with Crippen LogP contribution in [0.4, 0.5) is 11.4 Å². The molecular weight excluding hydrogens is 398 g/mol. The minimum Gasteiger partial charge on any atom is -0.383 e. The van der Waals surface area contributed by atoms with Crippen LogP contribution in [0.5, 0.6) is 0 Å². The van der Waals surface area contributed by atoms with E-state index in [1.54, 1.807) is 0 Å². The van der Waals surface area contributed by atoms with E-state index in [9.17, 15) is 0 Å². The molecule has 0 radical (unpaired) electrons. The molecule has 0 bridgehead atoms. The third kappa shape index (κ3) is 6.07. The topological polar surface area (TPSA) is 43.3 Å². The van der Waals surface area contributed by atoms with Crippen molar-refractivity contribution in [1.82, 2.24) is 9.58 Å². The van der Waals surface area contributed by atoms with Crippen molar-refractivity contribution in [2.24, 2.45) is 10.2 Å². The van der Waals surface area contributed by atoms with Crippen LogP contribution in [-0.4, -0.2) is 64.3 Å². The van der Waals surface area contributed by atoms with E-state index >= 15 is 0 Å². The molecule has 0 N–H and O–H groups in total. The van der Waals surface area contributed by atoms with Gasteiger partial charge in [0.15, 0.2) is 12.4 Å². The molecule has 3 rings (SSSR count). The van der Waals surface area contributed by atoms with Gasteiger partial charge in [0.2, 0.25) is 0 Å². The van der Waals surface area contributed by atoms with E-state index in [4.69, 9.17) is 0 Å². The minimum atomic E-state index is 0.834. The molecule has 0 aliphatic rings. The summed E-state index contributed by atoms with van der Waals surface area (Å²) in [5.74, 6) is 0.834. The SMILES string of the molecule is CN(C)C=Cc1n(N=Cc2ccc(N(C)C)cc2)cc[n+]1N=Cc1ccc(N(C)C)cc1.